The second kappa shape index (κ2) is 26.5. The molecule has 0 aromatic heterocycles. The zero-order chi connectivity index (χ0) is 29.9. The zero-order valence-corrected chi connectivity index (χ0v) is 26.9. The van der Waals surface area contributed by atoms with Gasteiger partial charge in [0.05, 0.1) is 32.6 Å². The summed E-state index contributed by atoms with van der Waals surface area (Å²) in [6.45, 7) is 14.5. The number of rotatable bonds is 29. The third-order valence-electron chi connectivity index (χ3n) is 6.60. The van der Waals surface area contributed by atoms with Gasteiger partial charge in [0, 0.05) is 11.1 Å². The maximum absolute atomic E-state index is 13.4. The van der Waals surface area contributed by atoms with Crippen LogP contribution >= 0.6 is 7.60 Å². The molecule has 0 saturated carbocycles. The van der Waals surface area contributed by atoms with Crippen LogP contribution in [0.4, 0.5) is 0 Å². The molecule has 0 unspecified atom stereocenters. The summed E-state index contributed by atoms with van der Waals surface area (Å²) in [7, 11) is -3.06. The number of hydrogen-bond donors (Lipinski definition) is 0. The fourth-order valence-corrected chi connectivity index (χ4v) is 5.82. The molecule has 8 heteroatoms. The van der Waals surface area contributed by atoms with Crippen LogP contribution in [0.25, 0.3) is 0 Å². The standard InChI is InChI=1S/C32H59O7P/c1-6-7-8-9-18-23-28-40(35,38-26-21-16-12-10-14-19-24-36-31(33)29(2)3)39-27-22-17-13-11-15-20-25-37-32(34)30(4)5/h2,4,6-28H2,1,3,5H3. The van der Waals surface area contributed by atoms with Crippen LogP contribution in [0.5, 0.6) is 0 Å². The van der Waals surface area contributed by atoms with Crippen molar-refractivity contribution >= 4 is 19.5 Å². The molecule has 0 saturated heterocycles. The highest BCUT2D eigenvalue weighted by Crippen LogP contribution is 2.49. The van der Waals surface area contributed by atoms with E-state index in [4.69, 9.17) is 18.5 Å². The van der Waals surface area contributed by atoms with E-state index in [0.717, 1.165) is 89.9 Å². The second-order valence-corrected chi connectivity index (χ2v) is 13.0. The number of carbonyl (C=O) groups is 2. The number of ether oxygens (including phenoxy) is 2. The van der Waals surface area contributed by atoms with Gasteiger partial charge in [-0.25, -0.2) is 9.59 Å². The lowest BCUT2D eigenvalue weighted by molar-refractivity contribution is -0.139. The van der Waals surface area contributed by atoms with Gasteiger partial charge in [-0.15, -0.1) is 0 Å². The maximum Gasteiger partial charge on any atom is 0.333 e. The Bertz CT molecular complexity index is 685. The minimum absolute atomic E-state index is 0.319. The summed E-state index contributed by atoms with van der Waals surface area (Å²) < 4.78 is 35.4. The fraction of sp³-hybridized carbons (Fsp3) is 0.812. The fourth-order valence-electron chi connectivity index (χ4n) is 4.06. The summed E-state index contributed by atoms with van der Waals surface area (Å²) in [5, 5.41) is 0. The van der Waals surface area contributed by atoms with E-state index in [-0.39, 0.29) is 11.9 Å². The minimum Gasteiger partial charge on any atom is -0.462 e. The molecule has 234 valence electrons. The lowest BCUT2D eigenvalue weighted by Crippen LogP contribution is -2.06. The summed E-state index contributed by atoms with van der Waals surface area (Å²) in [5.41, 5.74) is 0.871. The van der Waals surface area contributed by atoms with Gasteiger partial charge in [-0.05, 0) is 46.0 Å². The first kappa shape index (κ1) is 38.6. The maximum atomic E-state index is 13.4. The van der Waals surface area contributed by atoms with Crippen LogP contribution in [0, 0.1) is 0 Å². The van der Waals surface area contributed by atoms with Crippen molar-refractivity contribution < 1.29 is 32.7 Å². The van der Waals surface area contributed by atoms with Crippen LogP contribution in [-0.4, -0.2) is 44.5 Å². The highest BCUT2D eigenvalue weighted by molar-refractivity contribution is 7.53. The largest absolute Gasteiger partial charge is 0.462 e. The molecule has 0 aromatic rings. The molecule has 0 aliphatic rings. The van der Waals surface area contributed by atoms with E-state index in [9.17, 15) is 14.2 Å². The van der Waals surface area contributed by atoms with Crippen LogP contribution in [-0.2, 0) is 32.7 Å². The Morgan fingerprint density at radius 3 is 1.23 bits per heavy atom. The van der Waals surface area contributed by atoms with Crippen molar-refractivity contribution in [3.05, 3.63) is 24.3 Å². The third kappa shape index (κ3) is 24.4. The first-order chi connectivity index (χ1) is 19.2. The minimum atomic E-state index is -3.06. The molecule has 0 spiro atoms. The van der Waals surface area contributed by atoms with E-state index in [1.165, 1.54) is 25.7 Å². The van der Waals surface area contributed by atoms with E-state index in [2.05, 4.69) is 20.1 Å². The van der Waals surface area contributed by atoms with Gasteiger partial charge in [0.25, 0.3) is 0 Å². The average molecular weight is 587 g/mol. The Morgan fingerprint density at radius 2 is 0.850 bits per heavy atom. The summed E-state index contributed by atoms with van der Waals surface area (Å²) >= 11 is 0. The van der Waals surface area contributed by atoms with Crippen molar-refractivity contribution in [3.63, 3.8) is 0 Å². The average Bonchev–Trinajstić information content (AvgIpc) is 2.92. The summed E-state index contributed by atoms with van der Waals surface area (Å²) in [6, 6.07) is 0. The normalized spacial score (nSPS) is 11.4. The number of carbonyl (C=O) groups excluding carboxylic acids is 2. The van der Waals surface area contributed by atoms with Crippen LogP contribution in [0.1, 0.15) is 136 Å². The van der Waals surface area contributed by atoms with Gasteiger partial charge in [0.2, 0.25) is 0 Å². The van der Waals surface area contributed by atoms with Gasteiger partial charge < -0.3 is 18.5 Å². The van der Waals surface area contributed by atoms with Gasteiger partial charge in [0.15, 0.2) is 0 Å². The van der Waals surface area contributed by atoms with Crippen molar-refractivity contribution in [2.45, 2.75) is 136 Å². The quantitative estimate of drug-likeness (QED) is 0.0373. The molecule has 0 aliphatic carbocycles. The van der Waals surface area contributed by atoms with Crippen LogP contribution in [0.2, 0.25) is 0 Å². The number of esters is 2. The number of unbranched alkanes of at least 4 members (excludes halogenated alkanes) is 15. The molecule has 0 fully saturated rings. The van der Waals surface area contributed by atoms with Crippen molar-refractivity contribution in [1.82, 2.24) is 0 Å². The molecule has 0 aliphatic heterocycles. The van der Waals surface area contributed by atoms with E-state index in [0.29, 0.717) is 43.7 Å². The van der Waals surface area contributed by atoms with Gasteiger partial charge in [-0.1, -0.05) is 104 Å². The molecular formula is C32H59O7P. The first-order valence-electron chi connectivity index (χ1n) is 15.7. The number of hydrogen-bond acceptors (Lipinski definition) is 7. The summed E-state index contributed by atoms with van der Waals surface area (Å²) in [5.74, 6) is -0.638. The molecule has 0 amide bonds. The second-order valence-electron chi connectivity index (χ2n) is 10.8. The monoisotopic (exact) mass is 586 g/mol. The van der Waals surface area contributed by atoms with E-state index < -0.39 is 7.60 Å². The third-order valence-corrected chi connectivity index (χ3v) is 8.62. The lowest BCUT2D eigenvalue weighted by Gasteiger charge is -2.19. The Balaban J connectivity index is 4.08. The predicted molar refractivity (Wildman–Crippen MR) is 165 cm³/mol. The molecule has 0 heterocycles. The van der Waals surface area contributed by atoms with Crippen molar-refractivity contribution in [3.8, 4) is 0 Å². The lowest BCUT2D eigenvalue weighted by atomic mass is 10.1. The van der Waals surface area contributed by atoms with Crippen LogP contribution in [0.3, 0.4) is 0 Å². The SMILES string of the molecule is C=C(C)C(=O)OCCCCCCCCOP(=O)(CCCCCCCC)OCCCCCCCCOC(=O)C(=C)C. The molecule has 0 aromatic carbocycles. The van der Waals surface area contributed by atoms with Crippen molar-refractivity contribution in [1.29, 1.82) is 0 Å². The van der Waals surface area contributed by atoms with Crippen LogP contribution in [0.15, 0.2) is 24.3 Å². The molecule has 0 N–H and O–H groups in total. The molecular weight excluding hydrogens is 527 g/mol. The topological polar surface area (TPSA) is 88.1 Å². The van der Waals surface area contributed by atoms with Gasteiger partial charge in [-0.2, -0.15) is 0 Å². The molecule has 40 heavy (non-hydrogen) atoms. The highest BCUT2D eigenvalue weighted by atomic mass is 31.2. The Kier molecular flexibility index (Phi) is 25.5. The summed E-state index contributed by atoms with van der Waals surface area (Å²) in [4.78, 5) is 22.7. The Labute approximate surface area is 245 Å². The van der Waals surface area contributed by atoms with E-state index >= 15 is 0 Å². The van der Waals surface area contributed by atoms with Crippen molar-refractivity contribution in [2.24, 2.45) is 0 Å². The van der Waals surface area contributed by atoms with Crippen molar-refractivity contribution in [2.75, 3.05) is 32.6 Å². The smallest absolute Gasteiger partial charge is 0.333 e. The zero-order valence-electron chi connectivity index (χ0n) is 26.0. The molecule has 0 bridgehead atoms. The highest BCUT2D eigenvalue weighted by Gasteiger charge is 2.23. The van der Waals surface area contributed by atoms with Crippen LogP contribution < -0.4 is 0 Å². The van der Waals surface area contributed by atoms with E-state index in [1.807, 2.05) is 0 Å². The predicted octanol–water partition coefficient (Wildman–Crippen LogP) is 9.49. The Morgan fingerprint density at radius 1 is 0.525 bits per heavy atom. The molecule has 0 radical (unpaired) electrons. The van der Waals surface area contributed by atoms with Gasteiger partial charge in [-0.3, -0.25) is 4.57 Å². The summed E-state index contributed by atoms with van der Waals surface area (Å²) in [6.07, 6.45) is 19.2. The molecule has 0 atom stereocenters. The first-order valence-corrected chi connectivity index (χ1v) is 17.5. The molecule has 7 nitrogen and oxygen atoms in total. The van der Waals surface area contributed by atoms with E-state index in [1.54, 1.807) is 13.8 Å². The van der Waals surface area contributed by atoms with Gasteiger partial charge >= 0.3 is 19.5 Å². The molecule has 0 rings (SSSR count). The van der Waals surface area contributed by atoms with Gasteiger partial charge in [0.1, 0.15) is 0 Å². The Hall–Kier alpha value is -1.43.